The van der Waals surface area contributed by atoms with E-state index in [-0.39, 0.29) is 11.6 Å². The number of benzene rings is 1. The molecule has 0 radical (unpaired) electrons. The number of hydrogen-bond donors (Lipinski definition) is 2. The quantitative estimate of drug-likeness (QED) is 0.305. The van der Waals surface area contributed by atoms with Crippen molar-refractivity contribution in [1.82, 2.24) is 9.97 Å². The fourth-order valence-electron chi connectivity index (χ4n) is 4.93. The summed E-state index contributed by atoms with van der Waals surface area (Å²) in [5, 5.41) is 9.47. The van der Waals surface area contributed by atoms with Crippen molar-refractivity contribution in [1.29, 1.82) is 0 Å². The van der Waals surface area contributed by atoms with Crippen LogP contribution in [0.4, 0.5) is 24.8 Å². The van der Waals surface area contributed by atoms with Crippen LogP contribution in [0, 0.1) is 5.41 Å². The van der Waals surface area contributed by atoms with Crippen LogP contribution in [-0.4, -0.2) is 34.1 Å². The molecule has 200 valence electrons. The molecule has 0 unspecified atom stereocenters. The van der Waals surface area contributed by atoms with Crippen molar-refractivity contribution in [2.75, 3.05) is 22.7 Å². The van der Waals surface area contributed by atoms with E-state index < -0.39 is 23.1 Å². The molecule has 0 amide bonds. The van der Waals surface area contributed by atoms with Gasteiger partial charge in [-0.05, 0) is 80.3 Å². The van der Waals surface area contributed by atoms with Crippen LogP contribution in [-0.2, 0) is 11.0 Å². The predicted molar refractivity (Wildman–Crippen MR) is 142 cm³/mol. The van der Waals surface area contributed by atoms with Crippen molar-refractivity contribution in [3.63, 3.8) is 0 Å². The Morgan fingerprint density at radius 1 is 1.13 bits per heavy atom. The zero-order chi connectivity index (χ0) is 26.9. The van der Waals surface area contributed by atoms with Crippen LogP contribution >= 0.6 is 11.9 Å². The maximum absolute atomic E-state index is 13.9. The van der Waals surface area contributed by atoms with Gasteiger partial charge in [0.1, 0.15) is 11.6 Å². The van der Waals surface area contributed by atoms with Gasteiger partial charge in [-0.25, -0.2) is 9.97 Å². The maximum atomic E-state index is 13.9. The second-order valence-electron chi connectivity index (χ2n) is 10.2. The van der Waals surface area contributed by atoms with Gasteiger partial charge in [-0.3, -0.25) is 4.79 Å². The summed E-state index contributed by atoms with van der Waals surface area (Å²) in [5.74, 6) is 0.547. The molecule has 3 aromatic rings. The van der Waals surface area contributed by atoms with E-state index in [1.807, 2.05) is 24.3 Å². The van der Waals surface area contributed by atoms with Gasteiger partial charge >= 0.3 is 12.1 Å². The third-order valence-electron chi connectivity index (χ3n) is 7.66. The molecular weight excluding hydrogens is 513 g/mol. The lowest BCUT2D eigenvalue weighted by atomic mass is 9.77. The highest BCUT2D eigenvalue weighted by atomic mass is 32.2. The SMILES string of the molecule is CC1(C(=O)O)CCN(c2cc(SNc3ccc(C(F)(F)F)c(-c4ccccc4C4CCC4)n3)ccn2)CC1. The number of carboxylic acids is 1. The van der Waals surface area contributed by atoms with Crippen LogP contribution < -0.4 is 9.62 Å². The van der Waals surface area contributed by atoms with Gasteiger partial charge in [-0.1, -0.05) is 30.7 Å². The van der Waals surface area contributed by atoms with Gasteiger partial charge in [0.15, 0.2) is 0 Å². The smallest absolute Gasteiger partial charge is 0.418 e. The molecule has 2 fully saturated rings. The molecule has 0 bridgehead atoms. The molecular formula is C28H29F3N4O2S. The van der Waals surface area contributed by atoms with Crippen LogP contribution in [0.1, 0.15) is 56.1 Å². The molecule has 2 N–H and O–H groups in total. The van der Waals surface area contributed by atoms with Gasteiger partial charge in [0.25, 0.3) is 0 Å². The van der Waals surface area contributed by atoms with Gasteiger partial charge in [-0.2, -0.15) is 13.2 Å². The van der Waals surface area contributed by atoms with Gasteiger partial charge in [0.05, 0.1) is 16.7 Å². The second-order valence-corrected chi connectivity index (χ2v) is 11.1. The molecule has 1 saturated carbocycles. The number of pyridine rings is 2. The average molecular weight is 543 g/mol. The monoisotopic (exact) mass is 542 g/mol. The highest BCUT2D eigenvalue weighted by molar-refractivity contribution is 8.00. The summed E-state index contributed by atoms with van der Waals surface area (Å²) in [5.41, 5.74) is -0.0860. The molecule has 2 aliphatic rings. The van der Waals surface area contributed by atoms with E-state index >= 15 is 0 Å². The van der Waals surface area contributed by atoms with E-state index in [2.05, 4.69) is 19.6 Å². The molecule has 1 aliphatic heterocycles. The molecule has 1 aliphatic carbocycles. The Morgan fingerprint density at radius 2 is 1.87 bits per heavy atom. The highest BCUT2D eigenvalue weighted by Gasteiger charge is 2.38. The summed E-state index contributed by atoms with van der Waals surface area (Å²) >= 11 is 1.25. The van der Waals surface area contributed by atoms with Crippen molar-refractivity contribution in [3.8, 4) is 11.3 Å². The van der Waals surface area contributed by atoms with Gasteiger partial charge in [0, 0.05) is 29.7 Å². The lowest BCUT2D eigenvalue weighted by Crippen LogP contribution is -2.43. The fraction of sp³-hybridized carbons (Fsp3) is 0.393. The lowest BCUT2D eigenvalue weighted by molar-refractivity contribution is -0.149. The van der Waals surface area contributed by atoms with E-state index in [0.717, 1.165) is 41.6 Å². The number of carboxylic acid groups (broad SMARTS) is 1. The fourth-order valence-corrected chi connectivity index (χ4v) is 5.56. The van der Waals surface area contributed by atoms with Crippen molar-refractivity contribution >= 4 is 29.6 Å². The summed E-state index contributed by atoms with van der Waals surface area (Å²) in [4.78, 5) is 23.3. The number of nitrogens with zero attached hydrogens (tertiary/aromatic N) is 3. The molecule has 5 rings (SSSR count). The Balaban J connectivity index is 1.35. The van der Waals surface area contributed by atoms with E-state index in [4.69, 9.17) is 0 Å². The van der Waals surface area contributed by atoms with Crippen molar-refractivity contribution < 1.29 is 23.1 Å². The largest absolute Gasteiger partial charge is 0.481 e. The molecule has 3 heterocycles. The van der Waals surface area contributed by atoms with Gasteiger partial charge in [0.2, 0.25) is 0 Å². The average Bonchev–Trinajstić information content (AvgIpc) is 2.87. The summed E-state index contributed by atoms with van der Waals surface area (Å²) in [6, 6.07) is 13.4. The van der Waals surface area contributed by atoms with E-state index in [1.54, 1.807) is 25.3 Å². The Hall–Kier alpha value is -3.27. The summed E-state index contributed by atoms with van der Waals surface area (Å²) in [6.45, 7) is 2.94. The van der Waals surface area contributed by atoms with Crippen LogP contribution in [0.5, 0.6) is 0 Å². The minimum absolute atomic E-state index is 0.0594. The minimum Gasteiger partial charge on any atom is -0.481 e. The molecule has 6 nitrogen and oxygen atoms in total. The Kier molecular flexibility index (Phi) is 7.26. The first-order chi connectivity index (χ1) is 18.1. The summed E-state index contributed by atoms with van der Waals surface area (Å²) < 4.78 is 44.9. The molecule has 1 aromatic carbocycles. The molecule has 0 atom stereocenters. The van der Waals surface area contributed by atoms with Crippen molar-refractivity contribution in [2.24, 2.45) is 5.41 Å². The number of halogens is 3. The topological polar surface area (TPSA) is 78.4 Å². The number of aromatic nitrogens is 2. The summed E-state index contributed by atoms with van der Waals surface area (Å²) in [7, 11) is 0. The van der Waals surface area contributed by atoms with Crippen LogP contribution in [0.3, 0.4) is 0 Å². The lowest BCUT2D eigenvalue weighted by Gasteiger charge is -2.37. The molecule has 0 spiro atoms. The number of aliphatic carboxylic acids is 1. The van der Waals surface area contributed by atoms with E-state index in [0.29, 0.717) is 37.3 Å². The standard InChI is InChI=1S/C28H29F3N4O2S/c1-27(26(36)37)12-15-35(16-13-27)24-17-19(11-14-32-24)38-34-23-10-9-22(28(29,30)31)25(33-23)21-8-3-2-7-20(21)18-5-4-6-18/h2-3,7-11,14,17-18H,4-6,12-13,15-16H2,1H3,(H,33,34)(H,36,37). The number of alkyl halides is 3. The zero-order valence-electron chi connectivity index (χ0n) is 21.0. The third kappa shape index (κ3) is 5.45. The minimum atomic E-state index is -4.52. The number of nitrogens with one attached hydrogen (secondary N) is 1. The van der Waals surface area contributed by atoms with Crippen LogP contribution in [0.15, 0.2) is 59.6 Å². The molecule has 2 aromatic heterocycles. The number of piperidine rings is 1. The summed E-state index contributed by atoms with van der Waals surface area (Å²) in [6.07, 6.45) is 1.24. The van der Waals surface area contributed by atoms with E-state index in [1.165, 1.54) is 18.0 Å². The first-order valence-corrected chi connectivity index (χ1v) is 13.5. The second kappa shape index (κ2) is 10.5. The van der Waals surface area contributed by atoms with E-state index in [9.17, 15) is 23.1 Å². The van der Waals surface area contributed by atoms with Crippen molar-refractivity contribution in [3.05, 3.63) is 65.9 Å². The normalized spacial score (nSPS) is 17.6. The number of anilines is 2. The maximum Gasteiger partial charge on any atom is 0.418 e. The first kappa shape index (κ1) is 26.3. The Labute approximate surface area is 223 Å². The molecule has 38 heavy (non-hydrogen) atoms. The van der Waals surface area contributed by atoms with Crippen LogP contribution in [0.25, 0.3) is 11.3 Å². The number of rotatable bonds is 7. The molecule has 1 saturated heterocycles. The zero-order valence-corrected chi connectivity index (χ0v) is 21.8. The predicted octanol–water partition coefficient (Wildman–Crippen LogP) is 7.24. The van der Waals surface area contributed by atoms with Crippen LogP contribution in [0.2, 0.25) is 0 Å². The molecule has 10 heteroatoms. The third-order valence-corrected chi connectivity index (χ3v) is 8.46. The highest BCUT2D eigenvalue weighted by Crippen LogP contribution is 2.44. The van der Waals surface area contributed by atoms with Gasteiger partial charge < -0.3 is 14.7 Å². The Morgan fingerprint density at radius 3 is 2.53 bits per heavy atom. The number of hydrogen-bond acceptors (Lipinski definition) is 6. The Bertz CT molecular complexity index is 1320. The first-order valence-electron chi connectivity index (χ1n) is 12.7. The number of carbonyl (C=O) groups is 1. The van der Waals surface area contributed by atoms with Gasteiger partial charge in [-0.15, -0.1) is 0 Å². The van der Waals surface area contributed by atoms with Crippen molar-refractivity contribution in [2.45, 2.75) is 56.0 Å².